The predicted molar refractivity (Wildman–Crippen MR) is 76.1 cm³/mol. The molecule has 0 radical (unpaired) electrons. The quantitative estimate of drug-likeness (QED) is 0.827. The lowest BCUT2D eigenvalue weighted by Crippen LogP contribution is -1.95. The van der Waals surface area contributed by atoms with Crippen LogP contribution in [0.1, 0.15) is 5.82 Å². The van der Waals surface area contributed by atoms with Crippen molar-refractivity contribution in [3.8, 4) is 0 Å². The van der Waals surface area contributed by atoms with E-state index in [1.807, 2.05) is 18.2 Å². The normalized spacial score (nSPS) is 10.8. The Morgan fingerprint density at radius 2 is 2.06 bits per heavy atom. The SMILES string of the molecule is COCCc1nsc(Sc2c(Cl)cccc2Cl)n1. The van der Waals surface area contributed by atoms with Crippen molar-refractivity contribution in [3.05, 3.63) is 34.1 Å². The van der Waals surface area contributed by atoms with Crippen LogP contribution in [0.2, 0.25) is 10.0 Å². The van der Waals surface area contributed by atoms with E-state index in [4.69, 9.17) is 27.9 Å². The zero-order valence-corrected chi connectivity index (χ0v) is 12.7. The van der Waals surface area contributed by atoms with Crippen LogP contribution in [0, 0.1) is 0 Å². The first-order chi connectivity index (χ1) is 8.70. The number of benzene rings is 1. The summed E-state index contributed by atoms with van der Waals surface area (Å²) < 4.78 is 10.1. The Labute approximate surface area is 124 Å². The van der Waals surface area contributed by atoms with E-state index in [0.29, 0.717) is 23.1 Å². The largest absolute Gasteiger partial charge is 0.384 e. The lowest BCUT2D eigenvalue weighted by molar-refractivity contribution is 0.200. The van der Waals surface area contributed by atoms with Crippen molar-refractivity contribution in [2.75, 3.05) is 13.7 Å². The van der Waals surface area contributed by atoms with Gasteiger partial charge in [-0.3, -0.25) is 0 Å². The first-order valence-corrected chi connectivity index (χ1v) is 7.48. The molecule has 7 heteroatoms. The molecule has 3 nitrogen and oxygen atoms in total. The number of hydrogen-bond acceptors (Lipinski definition) is 5. The summed E-state index contributed by atoms with van der Waals surface area (Å²) in [6.45, 7) is 0.619. The Hall–Kier alpha value is -0.330. The molecular weight excluding hydrogens is 311 g/mol. The van der Waals surface area contributed by atoms with Crippen LogP contribution in [-0.2, 0) is 11.2 Å². The number of nitrogens with zero attached hydrogens (tertiary/aromatic N) is 2. The molecule has 0 atom stereocenters. The van der Waals surface area contributed by atoms with Gasteiger partial charge in [0, 0.05) is 13.5 Å². The van der Waals surface area contributed by atoms with Gasteiger partial charge in [0.1, 0.15) is 5.82 Å². The standard InChI is InChI=1S/C11H10Cl2N2OS2/c1-16-6-5-9-14-11(18-15-9)17-10-7(12)3-2-4-8(10)13/h2-4H,5-6H2,1H3. The zero-order chi connectivity index (χ0) is 13.0. The van der Waals surface area contributed by atoms with Gasteiger partial charge in [0.2, 0.25) is 0 Å². The van der Waals surface area contributed by atoms with Crippen LogP contribution >= 0.6 is 46.5 Å². The van der Waals surface area contributed by atoms with Gasteiger partial charge in [-0.2, -0.15) is 4.37 Å². The van der Waals surface area contributed by atoms with Crippen molar-refractivity contribution in [1.29, 1.82) is 0 Å². The molecule has 0 saturated heterocycles. The molecule has 0 fully saturated rings. The van der Waals surface area contributed by atoms with Crippen LogP contribution in [0.25, 0.3) is 0 Å². The van der Waals surface area contributed by atoms with Gasteiger partial charge in [-0.25, -0.2) is 4.98 Å². The maximum atomic E-state index is 6.10. The molecule has 0 aliphatic carbocycles. The van der Waals surface area contributed by atoms with Crippen LogP contribution in [0.3, 0.4) is 0 Å². The topological polar surface area (TPSA) is 35.0 Å². The summed E-state index contributed by atoms with van der Waals surface area (Å²) in [7, 11) is 1.66. The van der Waals surface area contributed by atoms with Crippen molar-refractivity contribution < 1.29 is 4.74 Å². The highest BCUT2D eigenvalue weighted by Crippen LogP contribution is 2.38. The molecule has 96 valence electrons. The molecule has 0 aliphatic heterocycles. The zero-order valence-electron chi connectivity index (χ0n) is 9.52. The molecule has 18 heavy (non-hydrogen) atoms. The summed E-state index contributed by atoms with van der Waals surface area (Å²) in [4.78, 5) is 5.21. The van der Waals surface area contributed by atoms with E-state index in [1.165, 1.54) is 23.3 Å². The number of aromatic nitrogens is 2. The molecule has 1 aromatic heterocycles. The average molecular weight is 321 g/mol. The summed E-state index contributed by atoms with van der Waals surface area (Å²) >= 11 is 15.0. The van der Waals surface area contributed by atoms with Gasteiger partial charge in [0.15, 0.2) is 4.34 Å². The van der Waals surface area contributed by atoms with Gasteiger partial charge in [0.25, 0.3) is 0 Å². The summed E-state index contributed by atoms with van der Waals surface area (Å²) in [6.07, 6.45) is 0.712. The Kier molecular flexibility index (Phi) is 5.26. The van der Waals surface area contributed by atoms with E-state index in [1.54, 1.807) is 7.11 Å². The van der Waals surface area contributed by atoms with Gasteiger partial charge in [-0.1, -0.05) is 41.0 Å². The predicted octanol–water partition coefficient (Wildman–Crippen LogP) is 4.19. The van der Waals surface area contributed by atoms with Crippen LogP contribution in [-0.4, -0.2) is 23.1 Å². The summed E-state index contributed by atoms with van der Waals surface area (Å²) in [5, 5.41) is 1.25. The molecule has 0 amide bonds. The fraction of sp³-hybridized carbons (Fsp3) is 0.273. The van der Waals surface area contributed by atoms with Crippen molar-refractivity contribution in [1.82, 2.24) is 9.36 Å². The highest BCUT2D eigenvalue weighted by atomic mass is 35.5. The second kappa shape index (κ2) is 6.73. The van der Waals surface area contributed by atoms with E-state index in [-0.39, 0.29) is 0 Å². The Balaban J connectivity index is 2.11. The van der Waals surface area contributed by atoms with E-state index in [9.17, 15) is 0 Å². The molecule has 0 bridgehead atoms. The Bertz CT molecular complexity index is 513. The first kappa shape index (κ1) is 14.1. The second-order valence-electron chi connectivity index (χ2n) is 3.37. The van der Waals surface area contributed by atoms with Gasteiger partial charge in [-0.15, -0.1) is 0 Å². The Morgan fingerprint density at radius 1 is 1.33 bits per heavy atom. The maximum absolute atomic E-state index is 6.10. The van der Waals surface area contributed by atoms with Crippen molar-refractivity contribution in [2.45, 2.75) is 15.7 Å². The van der Waals surface area contributed by atoms with Crippen LogP contribution < -0.4 is 0 Å². The number of halogens is 2. The fourth-order valence-electron chi connectivity index (χ4n) is 1.24. The van der Waals surface area contributed by atoms with Crippen molar-refractivity contribution in [2.24, 2.45) is 0 Å². The molecule has 0 saturated carbocycles. The number of rotatable bonds is 5. The maximum Gasteiger partial charge on any atom is 0.174 e. The van der Waals surface area contributed by atoms with Crippen LogP contribution in [0.15, 0.2) is 27.4 Å². The van der Waals surface area contributed by atoms with Crippen molar-refractivity contribution in [3.63, 3.8) is 0 Å². The van der Waals surface area contributed by atoms with Crippen LogP contribution in [0.4, 0.5) is 0 Å². The minimum Gasteiger partial charge on any atom is -0.384 e. The van der Waals surface area contributed by atoms with E-state index >= 15 is 0 Å². The lowest BCUT2D eigenvalue weighted by Gasteiger charge is -2.02. The lowest BCUT2D eigenvalue weighted by atomic mass is 10.4. The summed E-state index contributed by atoms with van der Waals surface area (Å²) in [6, 6.07) is 5.43. The average Bonchev–Trinajstić information content (AvgIpc) is 2.79. The van der Waals surface area contributed by atoms with Gasteiger partial charge >= 0.3 is 0 Å². The summed E-state index contributed by atoms with van der Waals surface area (Å²) in [5.74, 6) is 0.785. The molecule has 1 aromatic carbocycles. The molecule has 0 unspecified atom stereocenters. The minimum atomic E-state index is 0.619. The van der Waals surface area contributed by atoms with E-state index in [0.717, 1.165) is 15.1 Å². The molecule has 2 aromatic rings. The fourth-order valence-corrected chi connectivity index (χ4v) is 3.50. The second-order valence-corrected chi connectivity index (χ2v) is 6.20. The van der Waals surface area contributed by atoms with E-state index < -0.39 is 0 Å². The number of hydrogen-bond donors (Lipinski definition) is 0. The van der Waals surface area contributed by atoms with Gasteiger partial charge < -0.3 is 4.74 Å². The van der Waals surface area contributed by atoms with Gasteiger partial charge in [-0.05, 0) is 23.7 Å². The third kappa shape index (κ3) is 3.59. The molecule has 0 N–H and O–H groups in total. The Morgan fingerprint density at radius 3 is 2.72 bits per heavy atom. The molecule has 0 aliphatic rings. The molecule has 2 rings (SSSR count). The first-order valence-electron chi connectivity index (χ1n) is 5.14. The van der Waals surface area contributed by atoms with Gasteiger partial charge in [0.05, 0.1) is 21.5 Å². The van der Waals surface area contributed by atoms with E-state index in [2.05, 4.69) is 9.36 Å². The summed E-state index contributed by atoms with van der Waals surface area (Å²) in [5.41, 5.74) is 0. The number of ether oxygens (including phenoxy) is 1. The highest BCUT2D eigenvalue weighted by molar-refractivity contribution is 8.01. The third-order valence-corrected chi connectivity index (χ3v) is 4.87. The third-order valence-electron chi connectivity index (χ3n) is 2.09. The monoisotopic (exact) mass is 320 g/mol. The minimum absolute atomic E-state index is 0.619. The molecule has 1 heterocycles. The highest BCUT2D eigenvalue weighted by Gasteiger charge is 2.11. The smallest absolute Gasteiger partial charge is 0.174 e. The molecular formula is C11H10Cl2N2OS2. The molecule has 0 spiro atoms. The van der Waals surface area contributed by atoms with Crippen molar-refractivity contribution >= 4 is 46.5 Å². The van der Waals surface area contributed by atoms with Crippen LogP contribution in [0.5, 0.6) is 0 Å². The number of methoxy groups -OCH3 is 1.